The Morgan fingerprint density at radius 1 is 1.12 bits per heavy atom. The lowest BCUT2D eigenvalue weighted by Gasteiger charge is -2.35. The second-order valence-corrected chi connectivity index (χ2v) is 7.59. The highest BCUT2D eigenvalue weighted by Crippen LogP contribution is 2.22. The molecule has 1 heterocycles. The average Bonchev–Trinajstić information content (AvgIpc) is 3.07. The number of amides is 2. The maximum absolute atomic E-state index is 12.3. The molecule has 1 aliphatic heterocycles. The summed E-state index contributed by atoms with van der Waals surface area (Å²) in [5.41, 5.74) is 1.13. The number of piperazine rings is 1. The number of hydrogen-bond donors (Lipinski definition) is 1. The molecule has 0 radical (unpaired) electrons. The third-order valence-corrected chi connectivity index (χ3v) is 5.64. The Morgan fingerprint density at radius 2 is 1.83 bits per heavy atom. The van der Waals surface area contributed by atoms with Gasteiger partial charge in [0.05, 0.1) is 0 Å². The molecule has 2 amide bonds. The van der Waals surface area contributed by atoms with Crippen LogP contribution in [0, 0.1) is 0 Å². The topological polar surface area (TPSA) is 35.6 Å². The molecule has 4 nitrogen and oxygen atoms in total. The molecule has 0 spiro atoms. The van der Waals surface area contributed by atoms with Crippen LogP contribution in [0.15, 0.2) is 18.2 Å². The molecule has 1 aromatic carbocycles. The first-order valence-corrected chi connectivity index (χ1v) is 9.59. The molecule has 2 fully saturated rings. The average molecular weight is 370 g/mol. The number of carbonyl (C=O) groups is 1. The molecule has 1 saturated heterocycles. The Hall–Kier alpha value is -0.970. The van der Waals surface area contributed by atoms with Gasteiger partial charge in [0, 0.05) is 48.8 Å². The summed E-state index contributed by atoms with van der Waals surface area (Å²) in [6.45, 7) is 4.39. The van der Waals surface area contributed by atoms with Gasteiger partial charge in [-0.2, -0.15) is 0 Å². The molecule has 0 bridgehead atoms. The van der Waals surface area contributed by atoms with E-state index < -0.39 is 0 Å². The van der Waals surface area contributed by atoms with Gasteiger partial charge in [-0.15, -0.1) is 0 Å². The van der Waals surface area contributed by atoms with Gasteiger partial charge in [0.1, 0.15) is 0 Å². The summed E-state index contributed by atoms with van der Waals surface area (Å²) in [6, 6.07) is 6.18. The molecule has 0 atom stereocenters. The van der Waals surface area contributed by atoms with Crippen molar-refractivity contribution in [3.8, 4) is 0 Å². The van der Waals surface area contributed by atoms with Crippen LogP contribution in [0.3, 0.4) is 0 Å². The monoisotopic (exact) mass is 369 g/mol. The maximum atomic E-state index is 12.3. The van der Waals surface area contributed by atoms with Gasteiger partial charge in [-0.1, -0.05) is 42.1 Å². The number of nitrogens with zero attached hydrogens (tertiary/aromatic N) is 2. The third-order valence-electron chi connectivity index (χ3n) is 5.05. The minimum absolute atomic E-state index is 0.113. The van der Waals surface area contributed by atoms with Crippen LogP contribution in [0.4, 0.5) is 4.79 Å². The van der Waals surface area contributed by atoms with E-state index in [1.165, 1.54) is 12.8 Å². The van der Waals surface area contributed by atoms with Gasteiger partial charge in [0.2, 0.25) is 0 Å². The highest BCUT2D eigenvalue weighted by atomic mass is 35.5. The summed E-state index contributed by atoms with van der Waals surface area (Å²) in [5.74, 6) is 0. The molecule has 0 aromatic heterocycles. The maximum Gasteiger partial charge on any atom is 0.317 e. The summed E-state index contributed by atoms with van der Waals surface area (Å²) in [5, 5.41) is 4.58. The fourth-order valence-corrected chi connectivity index (χ4v) is 4.02. The number of benzene rings is 1. The molecule has 132 valence electrons. The number of rotatable bonds is 4. The van der Waals surface area contributed by atoms with Crippen molar-refractivity contribution < 1.29 is 4.79 Å². The first-order valence-electron chi connectivity index (χ1n) is 8.83. The first-order chi connectivity index (χ1) is 11.6. The fraction of sp³-hybridized carbons (Fsp3) is 0.611. The lowest BCUT2D eigenvalue weighted by Crippen LogP contribution is -2.53. The lowest BCUT2D eigenvalue weighted by atomic mass is 10.1. The minimum atomic E-state index is 0.113. The predicted octanol–water partition coefficient (Wildman–Crippen LogP) is 3.81. The summed E-state index contributed by atoms with van der Waals surface area (Å²) in [4.78, 5) is 16.6. The van der Waals surface area contributed by atoms with Crippen LogP contribution in [0.5, 0.6) is 0 Å². The van der Waals surface area contributed by atoms with Crippen LogP contribution in [-0.4, -0.2) is 54.6 Å². The van der Waals surface area contributed by atoms with E-state index in [1.54, 1.807) is 6.07 Å². The van der Waals surface area contributed by atoms with Crippen LogP contribution < -0.4 is 5.32 Å². The van der Waals surface area contributed by atoms with E-state index in [-0.39, 0.29) is 6.03 Å². The Morgan fingerprint density at radius 3 is 2.50 bits per heavy atom. The van der Waals surface area contributed by atoms with Gasteiger partial charge < -0.3 is 10.2 Å². The van der Waals surface area contributed by atoms with Crippen molar-refractivity contribution in [2.75, 3.05) is 32.7 Å². The van der Waals surface area contributed by atoms with Crippen molar-refractivity contribution in [1.29, 1.82) is 0 Å². The summed E-state index contributed by atoms with van der Waals surface area (Å²) in [7, 11) is 0. The van der Waals surface area contributed by atoms with Crippen LogP contribution in [0.2, 0.25) is 10.0 Å². The van der Waals surface area contributed by atoms with Crippen molar-refractivity contribution in [3.63, 3.8) is 0 Å². The zero-order valence-electron chi connectivity index (χ0n) is 13.9. The van der Waals surface area contributed by atoms with Gasteiger partial charge in [0.25, 0.3) is 0 Å². The quantitative estimate of drug-likeness (QED) is 0.875. The van der Waals surface area contributed by atoms with E-state index in [9.17, 15) is 4.79 Å². The second kappa shape index (κ2) is 8.41. The highest BCUT2D eigenvalue weighted by Gasteiger charge is 2.24. The van der Waals surface area contributed by atoms with Gasteiger partial charge in [-0.25, -0.2) is 4.79 Å². The number of nitrogens with one attached hydrogen (secondary N) is 1. The minimum Gasteiger partial charge on any atom is -0.335 e. The summed E-state index contributed by atoms with van der Waals surface area (Å²) in [6.07, 6.45) is 5.66. The largest absolute Gasteiger partial charge is 0.335 e. The van der Waals surface area contributed by atoms with E-state index in [0.29, 0.717) is 11.1 Å². The Bertz CT molecular complexity index is 567. The molecule has 3 rings (SSSR count). The molecule has 1 aromatic rings. The molecule has 1 saturated carbocycles. The van der Waals surface area contributed by atoms with E-state index >= 15 is 0 Å². The van der Waals surface area contributed by atoms with Crippen LogP contribution >= 0.6 is 23.2 Å². The standard InChI is InChI=1S/C18H25Cl2N3O/c19-15-6-5-14(17(20)13-15)7-8-22-9-11-23(12-10-22)18(24)21-16-3-1-2-4-16/h5-6,13,16H,1-4,7-12H2,(H,21,24). The molecule has 6 heteroatoms. The van der Waals surface area contributed by atoms with Crippen LogP contribution in [0.25, 0.3) is 0 Å². The van der Waals surface area contributed by atoms with Gasteiger partial charge in [0.15, 0.2) is 0 Å². The SMILES string of the molecule is O=C(NC1CCCC1)N1CCN(CCc2ccc(Cl)cc2Cl)CC1. The Kier molecular flexibility index (Phi) is 6.25. The molecular weight excluding hydrogens is 345 g/mol. The highest BCUT2D eigenvalue weighted by molar-refractivity contribution is 6.35. The summed E-state index contributed by atoms with van der Waals surface area (Å²) >= 11 is 12.2. The smallest absolute Gasteiger partial charge is 0.317 e. The van der Waals surface area contributed by atoms with E-state index in [2.05, 4.69) is 10.2 Å². The second-order valence-electron chi connectivity index (χ2n) is 6.75. The van der Waals surface area contributed by atoms with Gasteiger partial charge >= 0.3 is 6.03 Å². The first kappa shape index (κ1) is 17.8. The van der Waals surface area contributed by atoms with E-state index in [1.807, 2.05) is 17.0 Å². The van der Waals surface area contributed by atoms with E-state index in [4.69, 9.17) is 23.2 Å². The molecule has 0 unspecified atom stereocenters. The fourth-order valence-electron chi connectivity index (χ4n) is 3.51. The van der Waals surface area contributed by atoms with Crippen molar-refractivity contribution in [1.82, 2.24) is 15.1 Å². The molecule has 1 aliphatic carbocycles. The molecule has 2 aliphatic rings. The van der Waals surface area contributed by atoms with Crippen LogP contribution in [-0.2, 0) is 6.42 Å². The number of hydrogen-bond acceptors (Lipinski definition) is 2. The van der Waals surface area contributed by atoms with Gasteiger partial charge in [-0.05, 0) is 37.0 Å². The normalized spacial score (nSPS) is 19.7. The molecular formula is C18H25Cl2N3O. The van der Waals surface area contributed by atoms with Crippen molar-refractivity contribution >= 4 is 29.2 Å². The number of urea groups is 1. The Balaban J connectivity index is 1.40. The zero-order chi connectivity index (χ0) is 16.9. The van der Waals surface area contributed by atoms with Crippen molar-refractivity contribution in [2.45, 2.75) is 38.1 Å². The molecule has 24 heavy (non-hydrogen) atoms. The number of carbonyl (C=O) groups excluding carboxylic acids is 1. The van der Waals surface area contributed by atoms with Crippen molar-refractivity contribution in [2.24, 2.45) is 0 Å². The predicted molar refractivity (Wildman–Crippen MR) is 99.0 cm³/mol. The van der Waals surface area contributed by atoms with Gasteiger partial charge in [-0.3, -0.25) is 4.90 Å². The molecule has 1 N–H and O–H groups in total. The van der Waals surface area contributed by atoms with Crippen LogP contribution in [0.1, 0.15) is 31.2 Å². The van der Waals surface area contributed by atoms with Crippen molar-refractivity contribution in [3.05, 3.63) is 33.8 Å². The number of halogens is 2. The zero-order valence-corrected chi connectivity index (χ0v) is 15.5. The van der Waals surface area contributed by atoms with E-state index in [0.717, 1.165) is 62.6 Å². The third kappa shape index (κ3) is 4.78. The Labute approximate surface area is 154 Å². The lowest BCUT2D eigenvalue weighted by molar-refractivity contribution is 0.138. The summed E-state index contributed by atoms with van der Waals surface area (Å²) < 4.78 is 0.